The Morgan fingerprint density at radius 1 is 1.46 bits per heavy atom. The Morgan fingerprint density at radius 3 is 2.69 bits per heavy atom. The second kappa shape index (κ2) is 5.05. The summed E-state index contributed by atoms with van der Waals surface area (Å²) in [7, 11) is 0. The van der Waals surface area contributed by atoms with Crippen LogP contribution >= 0.6 is 34.2 Å². The van der Waals surface area contributed by atoms with Gasteiger partial charge in [-0.25, -0.2) is 0 Å². The van der Waals surface area contributed by atoms with Crippen LogP contribution in [0.5, 0.6) is 0 Å². The van der Waals surface area contributed by atoms with Gasteiger partial charge >= 0.3 is 0 Å². The van der Waals surface area contributed by atoms with E-state index in [2.05, 4.69) is 41.8 Å². The van der Waals surface area contributed by atoms with Gasteiger partial charge in [-0.3, -0.25) is 0 Å². The molecule has 0 amide bonds. The van der Waals surface area contributed by atoms with Crippen molar-refractivity contribution in [3.8, 4) is 0 Å². The average Bonchev–Trinajstić information content (AvgIpc) is 2.02. The fourth-order valence-corrected chi connectivity index (χ4v) is 2.01. The molecule has 1 aromatic rings. The zero-order chi connectivity index (χ0) is 9.84. The van der Waals surface area contributed by atoms with Gasteiger partial charge in [-0.05, 0) is 46.7 Å². The van der Waals surface area contributed by atoms with Gasteiger partial charge in [-0.15, -0.1) is 0 Å². The first kappa shape index (κ1) is 11.1. The van der Waals surface area contributed by atoms with Crippen LogP contribution in [0.3, 0.4) is 0 Å². The second-order valence-electron chi connectivity index (χ2n) is 3.40. The van der Waals surface area contributed by atoms with E-state index >= 15 is 0 Å². The maximum absolute atomic E-state index is 5.85. The Labute approximate surface area is 98.0 Å². The summed E-state index contributed by atoms with van der Waals surface area (Å²) in [5.41, 5.74) is 1.17. The fourth-order valence-electron chi connectivity index (χ4n) is 0.947. The van der Waals surface area contributed by atoms with Gasteiger partial charge < -0.3 is 5.32 Å². The molecule has 0 unspecified atom stereocenters. The number of hydrogen-bond acceptors (Lipinski definition) is 1. The van der Waals surface area contributed by atoms with Crippen molar-refractivity contribution in [3.63, 3.8) is 0 Å². The molecular weight excluding hydrogens is 296 g/mol. The first-order chi connectivity index (χ1) is 6.09. The molecule has 1 rings (SSSR count). The number of hydrogen-bond donors (Lipinski definition) is 1. The molecule has 0 saturated carbocycles. The van der Waals surface area contributed by atoms with Crippen LogP contribution in [0.2, 0.25) is 5.02 Å². The van der Waals surface area contributed by atoms with Crippen molar-refractivity contribution in [2.45, 2.75) is 13.8 Å². The molecule has 0 atom stereocenters. The first-order valence-electron chi connectivity index (χ1n) is 4.28. The lowest BCUT2D eigenvalue weighted by Crippen LogP contribution is -2.08. The third-order valence-electron chi connectivity index (χ3n) is 1.63. The van der Waals surface area contributed by atoms with E-state index in [-0.39, 0.29) is 0 Å². The highest BCUT2D eigenvalue weighted by molar-refractivity contribution is 14.1. The molecule has 0 radical (unpaired) electrons. The molecular formula is C10H13ClIN. The summed E-state index contributed by atoms with van der Waals surface area (Å²) in [4.78, 5) is 0. The molecule has 1 N–H and O–H groups in total. The Kier molecular flexibility index (Phi) is 4.32. The lowest BCUT2D eigenvalue weighted by atomic mass is 10.2. The average molecular weight is 310 g/mol. The molecule has 0 aromatic heterocycles. The Balaban J connectivity index is 2.67. The predicted molar refractivity (Wildman–Crippen MR) is 67.5 cm³/mol. The minimum Gasteiger partial charge on any atom is -0.384 e. The summed E-state index contributed by atoms with van der Waals surface area (Å²) in [6.45, 7) is 5.38. The monoisotopic (exact) mass is 309 g/mol. The maximum Gasteiger partial charge on any atom is 0.0477 e. The molecule has 0 heterocycles. The van der Waals surface area contributed by atoms with Gasteiger partial charge in [-0.2, -0.15) is 0 Å². The number of nitrogens with one attached hydrogen (secondary N) is 1. The van der Waals surface area contributed by atoms with Crippen molar-refractivity contribution in [1.29, 1.82) is 0 Å². The molecule has 72 valence electrons. The number of rotatable bonds is 3. The summed E-state index contributed by atoms with van der Waals surface area (Å²) >= 11 is 8.13. The zero-order valence-electron chi connectivity index (χ0n) is 7.77. The van der Waals surface area contributed by atoms with Gasteiger partial charge in [-0.1, -0.05) is 25.4 Å². The second-order valence-corrected chi connectivity index (χ2v) is 5.00. The minimum absolute atomic E-state index is 0.659. The van der Waals surface area contributed by atoms with Gasteiger partial charge in [0.2, 0.25) is 0 Å². The van der Waals surface area contributed by atoms with Crippen molar-refractivity contribution >= 4 is 39.9 Å². The smallest absolute Gasteiger partial charge is 0.0477 e. The van der Waals surface area contributed by atoms with Crippen molar-refractivity contribution in [2.24, 2.45) is 5.92 Å². The fraction of sp³-hybridized carbons (Fsp3) is 0.400. The van der Waals surface area contributed by atoms with Crippen LogP contribution in [0, 0.1) is 9.49 Å². The molecule has 0 fully saturated rings. The molecule has 3 heteroatoms. The Bertz CT molecular complexity index is 286. The highest BCUT2D eigenvalue weighted by Crippen LogP contribution is 2.22. The summed E-state index contributed by atoms with van der Waals surface area (Å²) in [6.07, 6.45) is 0. The SMILES string of the molecule is CC(C)CNc1ccc(Cl)cc1I. The molecule has 0 spiro atoms. The van der Waals surface area contributed by atoms with Gasteiger partial charge in [0.25, 0.3) is 0 Å². The highest BCUT2D eigenvalue weighted by Gasteiger charge is 2.00. The zero-order valence-corrected chi connectivity index (χ0v) is 10.7. The van der Waals surface area contributed by atoms with Crippen LogP contribution in [-0.2, 0) is 0 Å². The topological polar surface area (TPSA) is 12.0 Å². The van der Waals surface area contributed by atoms with E-state index in [0.29, 0.717) is 5.92 Å². The third kappa shape index (κ3) is 3.73. The van der Waals surface area contributed by atoms with Crippen LogP contribution < -0.4 is 5.32 Å². The lowest BCUT2D eigenvalue weighted by molar-refractivity contribution is 0.688. The summed E-state index contributed by atoms with van der Waals surface area (Å²) in [5.74, 6) is 0.659. The van der Waals surface area contributed by atoms with Crippen molar-refractivity contribution in [3.05, 3.63) is 26.8 Å². The van der Waals surface area contributed by atoms with Crippen LogP contribution in [0.25, 0.3) is 0 Å². The molecule has 0 aliphatic rings. The van der Waals surface area contributed by atoms with Crippen molar-refractivity contribution in [1.82, 2.24) is 0 Å². The minimum atomic E-state index is 0.659. The molecule has 13 heavy (non-hydrogen) atoms. The van der Waals surface area contributed by atoms with E-state index in [9.17, 15) is 0 Å². The molecule has 0 aliphatic heterocycles. The molecule has 1 nitrogen and oxygen atoms in total. The van der Waals surface area contributed by atoms with Gasteiger partial charge in [0.1, 0.15) is 0 Å². The summed E-state index contributed by atoms with van der Waals surface area (Å²) in [6, 6.07) is 5.89. The standard InChI is InChI=1S/C10H13ClIN/c1-7(2)6-13-10-4-3-8(11)5-9(10)12/h3-5,7,13H,6H2,1-2H3. The lowest BCUT2D eigenvalue weighted by Gasteiger charge is -2.10. The largest absolute Gasteiger partial charge is 0.384 e. The molecule has 1 aromatic carbocycles. The molecule has 0 aliphatic carbocycles. The Morgan fingerprint density at radius 2 is 2.15 bits per heavy atom. The third-order valence-corrected chi connectivity index (χ3v) is 2.76. The number of anilines is 1. The van der Waals surface area contributed by atoms with Gasteiger partial charge in [0.05, 0.1) is 0 Å². The number of benzene rings is 1. The van der Waals surface area contributed by atoms with Gasteiger partial charge in [0.15, 0.2) is 0 Å². The molecule has 0 bridgehead atoms. The summed E-state index contributed by atoms with van der Waals surface area (Å²) < 4.78 is 1.17. The van der Waals surface area contributed by atoms with E-state index in [1.807, 2.05) is 18.2 Å². The van der Waals surface area contributed by atoms with E-state index in [1.54, 1.807) is 0 Å². The quantitative estimate of drug-likeness (QED) is 0.832. The van der Waals surface area contributed by atoms with Gasteiger partial charge in [0, 0.05) is 20.8 Å². The van der Waals surface area contributed by atoms with E-state index in [1.165, 1.54) is 9.26 Å². The van der Waals surface area contributed by atoms with E-state index in [0.717, 1.165) is 11.6 Å². The number of halogens is 2. The molecule has 0 saturated heterocycles. The van der Waals surface area contributed by atoms with E-state index < -0.39 is 0 Å². The van der Waals surface area contributed by atoms with Crippen molar-refractivity contribution < 1.29 is 0 Å². The van der Waals surface area contributed by atoms with Crippen LogP contribution in [-0.4, -0.2) is 6.54 Å². The van der Waals surface area contributed by atoms with Crippen molar-refractivity contribution in [2.75, 3.05) is 11.9 Å². The maximum atomic E-state index is 5.85. The first-order valence-corrected chi connectivity index (χ1v) is 5.74. The normalized spacial score (nSPS) is 10.5. The summed E-state index contributed by atoms with van der Waals surface area (Å²) in [5, 5.41) is 4.16. The van der Waals surface area contributed by atoms with Crippen LogP contribution in [0.15, 0.2) is 18.2 Å². The van der Waals surface area contributed by atoms with Crippen LogP contribution in [0.1, 0.15) is 13.8 Å². The predicted octanol–water partition coefficient (Wildman–Crippen LogP) is 4.01. The Hall–Kier alpha value is 0.0400. The highest BCUT2D eigenvalue weighted by atomic mass is 127. The van der Waals surface area contributed by atoms with Crippen LogP contribution in [0.4, 0.5) is 5.69 Å². The van der Waals surface area contributed by atoms with E-state index in [4.69, 9.17) is 11.6 Å².